The number of aromatic nitrogens is 1. The van der Waals surface area contributed by atoms with Crippen molar-refractivity contribution < 1.29 is 4.74 Å². The minimum Gasteiger partial charge on any atom is -0.439 e. The lowest BCUT2D eigenvalue weighted by Gasteiger charge is -2.10. The zero-order chi connectivity index (χ0) is 15.2. The standard InChI is InChI=1S/C17H21BrN2O/c1-12(2)10-19-11-15-5-4-6-17(20-15)21-16-9-14(18)8-7-13(16)3/h4-9,12,19H,10-11H2,1-3H3. The summed E-state index contributed by atoms with van der Waals surface area (Å²) in [5, 5.41) is 3.39. The number of hydrogen-bond acceptors (Lipinski definition) is 3. The van der Waals surface area contributed by atoms with Crippen molar-refractivity contribution in [2.45, 2.75) is 27.3 Å². The Kier molecular flexibility index (Phi) is 5.76. The highest BCUT2D eigenvalue weighted by molar-refractivity contribution is 9.10. The highest BCUT2D eigenvalue weighted by Gasteiger charge is 2.05. The van der Waals surface area contributed by atoms with Gasteiger partial charge in [-0.2, -0.15) is 0 Å². The number of rotatable bonds is 6. The van der Waals surface area contributed by atoms with Gasteiger partial charge in [-0.25, -0.2) is 4.98 Å². The summed E-state index contributed by atoms with van der Waals surface area (Å²) in [5.41, 5.74) is 2.07. The first-order valence-corrected chi connectivity index (χ1v) is 7.94. The van der Waals surface area contributed by atoms with Crippen molar-refractivity contribution >= 4 is 15.9 Å². The van der Waals surface area contributed by atoms with Crippen LogP contribution in [0.5, 0.6) is 11.6 Å². The summed E-state index contributed by atoms with van der Waals surface area (Å²) >= 11 is 3.46. The molecule has 0 amide bonds. The summed E-state index contributed by atoms with van der Waals surface area (Å²) < 4.78 is 6.89. The first-order valence-electron chi connectivity index (χ1n) is 7.15. The van der Waals surface area contributed by atoms with Crippen LogP contribution >= 0.6 is 15.9 Å². The molecular weight excluding hydrogens is 328 g/mol. The van der Waals surface area contributed by atoms with Gasteiger partial charge in [0, 0.05) is 17.1 Å². The van der Waals surface area contributed by atoms with Gasteiger partial charge in [-0.05, 0) is 43.1 Å². The van der Waals surface area contributed by atoms with E-state index in [9.17, 15) is 0 Å². The molecule has 1 aromatic carbocycles. The van der Waals surface area contributed by atoms with Crippen LogP contribution in [-0.2, 0) is 6.54 Å². The molecule has 0 radical (unpaired) electrons. The van der Waals surface area contributed by atoms with Crippen molar-refractivity contribution in [3.05, 3.63) is 52.1 Å². The predicted octanol–water partition coefficient (Wildman–Crippen LogP) is 4.69. The van der Waals surface area contributed by atoms with Crippen LogP contribution < -0.4 is 10.1 Å². The Morgan fingerprint density at radius 2 is 2.05 bits per heavy atom. The molecule has 1 heterocycles. The van der Waals surface area contributed by atoms with Crippen LogP contribution in [0.1, 0.15) is 25.1 Å². The molecule has 0 saturated heterocycles. The summed E-state index contributed by atoms with van der Waals surface area (Å²) in [6, 6.07) is 11.8. The smallest absolute Gasteiger partial charge is 0.219 e. The topological polar surface area (TPSA) is 34.1 Å². The number of nitrogens with one attached hydrogen (secondary N) is 1. The number of nitrogens with zero attached hydrogens (tertiary/aromatic N) is 1. The number of hydrogen-bond donors (Lipinski definition) is 1. The van der Waals surface area contributed by atoms with Gasteiger partial charge in [-0.1, -0.05) is 41.9 Å². The maximum atomic E-state index is 5.89. The molecule has 2 aromatic rings. The van der Waals surface area contributed by atoms with Crippen LogP contribution in [0.4, 0.5) is 0 Å². The van der Waals surface area contributed by atoms with E-state index in [1.54, 1.807) is 0 Å². The number of halogens is 1. The van der Waals surface area contributed by atoms with E-state index in [-0.39, 0.29) is 0 Å². The monoisotopic (exact) mass is 348 g/mol. The summed E-state index contributed by atoms with van der Waals surface area (Å²) in [5.74, 6) is 2.08. The third kappa shape index (κ3) is 5.14. The molecule has 0 bridgehead atoms. The van der Waals surface area contributed by atoms with Crippen molar-refractivity contribution in [2.24, 2.45) is 5.92 Å². The SMILES string of the molecule is Cc1ccc(Br)cc1Oc1cccc(CNCC(C)C)n1. The third-order valence-electron chi connectivity index (χ3n) is 3.00. The fourth-order valence-corrected chi connectivity index (χ4v) is 2.24. The van der Waals surface area contributed by atoms with Gasteiger partial charge in [0.2, 0.25) is 5.88 Å². The van der Waals surface area contributed by atoms with Gasteiger partial charge < -0.3 is 10.1 Å². The van der Waals surface area contributed by atoms with E-state index in [2.05, 4.69) is 40.1 Å². The molecule has 0 aliphatic carbocycles. The molecular formula is C17H21BrN2O. The number of aryl methyl sites for hydroxylation is 1. The Morgan fingerprint density at radius 3 is 2.81 bits per heavy atom. The lowest BCUT2D eigenvalue weighted by atomic mass is 10.2. The van der Waals surface area contributed by atoms with Crippen molar-refractivity contribution in [2.75, 3.05) is 6.54 Å². The predicted molar refractivity (Wildman–Crippen MR) is 89.7 cm³/mol. The Bertz CT molecular complexity index is 599. The molecule has 4 heteroatoms. The quantitative estimate of drug-likeness (QED) is 0.822. The molecule has 0 fully saturated rings. The van der Waals surface area contributed by atoms with Crippen LogP contribution in [-0.4, -0.2) is 11.5 Å². The minimum atomic E-state index is 0.625. The van der Waals surface area contributed by atoms with Gasteiger partial charge >= 0.3 is 0 Å². The van der Waals surface area contributed by atoms with E-state index in [0.29, 0.717) is 11.8 Å². The Labute approximate surface area is 134 Å². The first-order chi connectivity index (χ1) is 10.0. The van der Waals surface area contributed by atoms with Crippen molar-refractivity contribution in [3.8, 4) is 11.6 Å². The lowest BCUT2D eigenvalue weighted by Crippen LogP contribution is -2.19. The van der Waals surface area contributed by atoms with Crippen LogP contribution in [0, 0.1) is 12.8 Å². The highest BCUT2D eigenvalue weighted by atomic mass is 79.9. The Morgan fingerprint density at radius 1 is 1.24 bits per heavy atom. The van der Waals surface area contributed by atoms with Crippen LogP contribution in [0.15, 0.2) is 40.9 Å². The summed E-state index contributed by atoms with van der Waals surface area (Å²) in [6.07, 6.45) is 0. The van der Waals surface area contributed by atoms with Crippen molar-refractivity contribution in [1.29, 1.82) is 0 Å². The molecule has 2 rings (SSSR count). The summed E-state index contributed by atoms with van der Waals surface area (Å²) in [4.78, 5) is 4.54. The molecule has 0 spiro atoms. The number of pyridine rings is 1. The molecule has 0 aliphatic rings. The fraction of sp³-hybridized carbons (Fsp3) is 0.353. The minimum absolute atomic E-state index is 0.625. The van der Waals surface area contributed by atoms with E-state index in [1.165, 1.54) is 0 Å². The van der Waals surface area contributed by atoms with Gasteiger partial charge in [0.1, 0.15) is 5.75 Å². The molecule has 1 N–H and O–H groups in total. The van der Waals surface area contributed by atoms with Crippen molar-refractivity contribution in [3.63, 3.8) is 0 Å². The number of benzene rings is 1. The average molecular weight is 349 g/mol. The molecule has 0 atom stereocenters. The van der Waals surface area contributed by atoms with E-state index < -0.39 is 0 Å². The number of ether oxygens (including phenoxy) is 1. The molecule has 3 nitrogen and oxygen atoms in total. The molecule has 0 unspecified atom stereocenters. The van der Waals surface area contributed by atoms with Crippen LogP contribution in [0.3, 0.4) is 0 Å². The maximum Gasteiger partial charge on any atom is 0.219 e. The maximum absolute atomic E-state index is 5.89. The summed E-state index contributed by atoms with van der Waals surface area (Å²) in [6.45, 7) is 8.15. The van der Waals surface area contributed by atoms with Crippen LogP contribution in [0.25, 0.3) is 0 Å². The van der Waals surface area contributed by atoms with Gasteiger partial charge in [-0.3, -0.25) is 0 Å². The zero-order valence-electron chi connectivity index (χ0n) is 12.7. The molecule has 0 saturated carbocycles. The second kappa shape index (κ2) is 7.57. The highest BCUT2D eigenvalue weighted by Crippen LogP contribution is 2.27. The van der Waals surface area contributed by atoms with Gasteiger partial charge in [0.15, 0.2) is 0 Å². The average Bonchev–Trinajstić information content (AvgIpc) is 2.43. The van der Waals surface area contributed by atoms with Gasteiger partial charge in [0.05, 0.1) is 5.69 Å². The van der Waals surface area contributed by atoms with Crippen LogP contribution in [0.2, 0.25) is 0 Å². The van der Waals surface area contributed by atoms with Gasteiger partial charge in [-0.15, -0.1) is 0 Å². The first kappa shape index (κ1) is 16.0. The molecule has 112 valence electrons. The van der Waals surface area contributed by atoms with E-state index in [1.807, 2.05) is 43.3 Å². The fourth-order valence-electron chi connectivity index (χ4n) is 1.90. The molecule has 1 aromatic heterocycles. The van der Waals surface area contributed by atoms with Crippen molar-refractivity contribution in [1.82, 2.24) is 10.3 Å². The van der Waals surface area contributed by atoms with Gasteiger partial charge in [0.25, 0.3) is 0 Å². The third-order valence-corrected chi connectivity index (χ3v) is 3.50. The molecule has 21 heavy (non-hydrogen) atoms. The largest absolute Gasteiger partial charge is 0.439 e. The Balaban J connectivity index is 2.05. The van der Waals surface area contributed by atoms with E-state index in [0.717, 1.165) is 34.6 Å². The lowest BCUT2D eigenvalue weighted by molar-refractivity contribution is 0.455. The molecule has 0 aliphatic heterocycles. The second-order valence-corrected chi connectivity index (χ2v) is 6.42. The second-order valence-electron chi connectivity index (χ2n) is 5.50. The van der Waals surface area contributed by atoms with E-state index >= 15 is 0 Å². The summed E-state index contributed by atoms with van der Waals surface area (Å²) in [7, 11) is 0. The van der Waals surface area contributed by atoms with E-state index in [4.69, 9.17) is 4.74 Å². The Hall–Kier alpha value is -1.39. The normalized spacial score (nSPS) is 10.9. The zero-order valence-corrected chi connectivity index (χ0v) is 14.3.